The molecule has 0 radical (unpaired) electrons. The Morgan fingerprint density at radius 1 is 0.883 bits per heavy atom. The average Bonchev–Trinajstić information content (AvgIpc) is 3.60. The fourth-order valence-electron chi connectivity index (χ4n) is 7.46. The standard InChI is InChI=1S/C42H69N11O7/c1-25(2)22-32(40(59)60)51-38(57)34(42(3,4)5)52-36(55)31(23-26-24-48-28-15-8-7-14-27(26)28)50-37(56)33-18-10-12-21-53(33)39(58)30(16-9-11-19-43)49-35(54)29(46-6)17-13-20-47-41(44)45/h7-8,14-15,24-25,29-34,46,48H,9-13,16-23,43H2,1-6H3,(H,49,54)(H,50,56)(H,51,57)(H,52,55)(H,59,60)(H4,44,45,47)/t29-,30-,31-,32-,33-,34+/m0/s1. The summed E-state index contributed by atoms with van der Waals surface area (Å²) in [4.78, 5) is 91.2. The number of amides is 5. The normalized spacial score (nSPS) is 16.9. The number of carboxylic acids is 1. The molecule has 6 atom stereocenters. The molecule has 18 heteroatoms. The van der Waals surface area contributed by atoms with Crippen LogP contribution in [0.4, 0.5) is 0 Å². The fraction of sp³-hybridized carbons (Fsp3) is 0.643. The monoisotopic (exact) mass is 840 g/mol. The van der Waals surface area contributed by atoms with E-state index in [1.165, 1.54) is 4.90 Å². The summed E-state index contributed by atoms with van der Waals surface area (Å²) in [5.74, 6) is -3.91. The molecule has 1 aliphatic rings. The Balaban J connectivity index is 1.92. The van der Waals surface area contributed by atoms with Crippen molar-refractivity contribution in [1.82, 2.24) is 36.5 Å². The number of aromatic amines is 1. The molecule has 2 aromatic rings. The largest absolute Gasteiger partial charge is 0.480 e. The van der Waals surface area contributed by atoms with E-state index in [0.29, 0.717) is 64.5 Å². The number of guanidine groups is 1. The molecule has 2 heterocycles. The molecule has 1 aromatic carbocycles. The molecule has 1 saturated heterocycles. The summed E-state index contributed by atoms with van der Waals surface area (Å²) in [6.07, 6.45) is 6.03. The second-order valence-electron chi connectivity index (χ2n) is 17.1. The van der Waals surface area contributed by atoms with E-state index in [1.807, 2.05) is 38.1 Å². The van der Waals surface area contributed by atoms with E-state index in [2.05, 4.69) is 36.6 Å². The van der Waals surface area contributed by atoms with Crippen LogP contribution in [0.1, 0.15) is 98.0 Å². The number of carbonyl (C=O) groups is 6. The van der Waals surface area contributed by atoms with Gasteiger partial charge in [0, 0.05) is 36.6 Å². The molecular formula is C42H69N11O7. The lowest BCUT2D eigenvalue weighted by Gasteiger charge is -2.38. The fourth-order valence-corrected chi connectivity index (χ4v) is 7.46. The van der Waals surface area contributed by atoms with Gasteiger partial charge in [-0.05, 0) is 94.3 Å². The van der Waals surface area contributed by atoms with Gasteiger partial charge in [0.05, 0.1) is 6.04 Å². The predicted molar refractivity (Wildman–Crippen MR) is 231 cm³/mol. The summed E-state index contributed by atoms with van der Waals surface area (Å²) in [6.45, 7) is 9.97. The number of rotatable bonds is 23. The second-order valence-corrected chi connectivity index (χ2v) is 17.1. The van der Waals surface area contributed by atoms with Gasteiger partial charge in [0.1, 0.15) is 30.2 Å². The highest BCUT2D eigenvalue weighted by atomic mass is 16.4. The van der Waals surface area contributed by atoms with Gasteiger partial charge in [-0.1, -0.05) is 52.8 Å². The summed E-state index contributed by atoms with van der Waals surface area (Å²) in [5.41, 5.74) is 17.4. The number of hydrogen-bond donors (Lipinski definition) is 10. The van der Waals surface area contributed by atoms with Crippen LogP contribution < -0.4 is 43.8 Å². The van der Waals surface area contributed by atoms with Crippen LogP contribution in [0.25, 0.3) is 10.9 Å². The number of piperidine rings is 1. The first-order chi connectivity index (χ1) is 28.4. The topological polar surface area (TPSA) is 292 Å². The Kier molecular flexibility index (Phi) is 19.3. The highest BCUT2D eigenvalue weighted by Crippen LogP contribution is 2.24. The highest BCUT2D eigenvalue weighted by Gasteiger charge is 2.40. The number of hydrogen-bond acceptors (Lipinski definition) is 9. The van der Waals surface area contributed by atoms with Gasteiger partial charge in [0.25, 0.3) is 0 Å². The molecule has 18 nitrogen and oxygen atoms in total. The maximum atomic E-state index is 14.4. The van der Waals surface area contributed by atoms with Crippen LogP contribution in [0.3, 0.4) is 0 Å². The van der Waals surface area contributed by atoms with Gasteiger partial charge in [-0.2, -0.15) is 0 Å². The number of benzene rings is 1. The number of carboxylic acid groups (broad SMARTS) is 1. The Bertz CT molecular complexity index is 1790. The molecule has 3 rings (SSSR count). The lowest BCUT2D eigenvalue weighted by molar-refractivity contribution is -0.146. The number of likely N-dealkylation sites (tertiary alicyclic amines) is 1. The Morgan fingerprint density at radius 3 is 2.18 bits per heavy atom. The van der Waals surface area contributed by atoms with Gasteiger partial charge in [-0.25, -0.2) is 4.79 Å². The SMILES string of the molecule is CN[C@@H](CCCN=C(N)N)C(=O)N[C@@H](CCCCN)C(=O)N1CCCC[C@H]1C(=O)N[C@@H](Cc1c[nH]c2ccccc12)C(=O)N[C@H](C(=O)N[C@@H](CC(C)C)C(=O)O)C(C)(C)C. The lowest BCUT2D eigenvalue weighted by atomic mass is 9.85. The number of likely N-dealkylation sites (N-methyl/N-ethyl adjacent to an activating group) is 1. The Hall–Kier alpha value is -5.23. The zero-order valence-electron chi connectivity index (χ0n) is 36.1. The van der Waals surface area contributed by atoms with Crippen LogP contribution >= 0.6 is 0 Å². The molecule has 0 saturated carbocycles. The number of aromatic nitrogens is 1. The summed E-state index contributed by atoms with van der Waals surface area (Å²) < 4.78 is 0. The third-order valence-electron chi connectivity index (χ3n) is 10.7. The number of aliphatic carboxylic acids is 1. The average molecular weight is 840 g/mol. The van der Waals surface area contributed by atoms with Crippen molar-refractivity contribution >= 4 is 52.4 Å². The Labute approximate surface area is 353 Å². The van der Waals surface area contributed by atoms with Crippen molar-refractivity contribution in [1.29, 1.82) is 0 Å². The molecule has 5 amide bonds. The summed E-state index contributed by atoms with van der Waals surface area (Å²) >= 11 is 0. The maximum absolute atomic E-state index is 14.4. The summed E-state index contributed by atoms with van der Waals surface area (Å²) in [7, 11) is 1.65. The number of fused-ring (bicyclic) bond motifs is 1. The summed E-state index contributed by atoms with van der Waals surface area (Å²) in [5, 5.41) is 25.0. The molecular weight excluding hydrogens is 771 g/mol. The van der Waals surface area contributed by atoms with E-state index in [4.69, 9.17) is 17.2 Å². The van der Waals surface area contributed by atoms with Crippen molar-refractivity contribution in [2.75, 3.05) is 26.7 Å². The van der Waals surface area contributed by atoms with Crippen LogP contribution in [-0.4, -0.2) is 119 Å². The molecule has 0 bridgehead atoms. The minimum atomic E-state index is -1.20. The first-order valence-electron chi connectivity index (χ1n) is 21.1. The minimum Gasteiger partial charge on any atom is -0.480 e. The highest BCUT2D eigenvalue weighted by molar-refractivity contribution is 5.97. The van der Waals surface area contributed by atoms with E-state index < -0.39 is 71.3 Å². The maximum Gasteiger partial charge on any atom is 0.326 e. The van der Waals surface area contributed by atoms with Crippen molar-refractivity contribution in [3.8, 4) is 0 Å². The summed E-state index contributed by atoms with van der Waals surface area (Å²) in [6, 6.07) is 1.48. The number of carbonyl (C=O) groups excluding carboxylic acids is 5. The zero-order valence-corrected chi connectivity index (χ0v) is 36.1. The first-order valence-corrected chi connectivity index (χ1v) is 21.1. The lowest BCUT2D eigenvalue weighted by Crippen LogP contribution is -2.62. The number of nitrogens with one attached hydrogen (secondary N) is 6. The molecule has 1 aromatic heterocycles. The number of para-hydroxylation sites is 1. The van der Waals surface area contributed by atoms with E-state index >= 15 is 0 Å². The number of nitrogens with two attached hydrogens (primary N) is 3. The molecule has 60 heavy (non-hydrogen) atoms. The van der Waals surface area contributed by atoms with E-state index in [-0.39, 0.29) is 37.2 Å². The molecule has 0 unspecified atom stereocenters. The van der Waals surface area contributed by atoms with Gasteiger partial charge in [0.15, 0.2) is 5.96 Å². The van der Waals surface area contributed by atoms with Gasteiger partial charge < -0.3 is 58.8 Å². The van der Waals surface area contributed by atoms with Crippen LogP contribution in [0.15, 0.2) is 35.5 Å². The third kappa shape index (κ3) is 14.8. The van der Waals surface area contributed by atoms with Crippen molar-refractivity contribution in [3.63, 3.8) is 0 Å². The van der Waals surface area contributed by atoms with Crippen molar-refractivity contribution in [3.05, 3.63) is 36.0 Å². The van der Waals surface area contributed by atoms with Gasteiger partial charge in [-0.15, -0.1) is 0 Å². The molecule has 13 N–H and O–H groups in total. The van der Waals surface area contributed by atoms with Crippen LogP contribution in [0.5, 0.6) is 0 Å². The predicted octanol–water partition coefficient (Wildman–Crippen LogP) is 0.978. The quantitative estimate of drug-likeness (QED) is 0.0428. The van der Waals surface area contributed by atoms with Gasteiger partial charge in [-0.3, -0.25) is 29.0 Å². The van der Waals surface area contributed by atoms with Gasteiger partial charge in [0.2, 0.25) is 29.5 Å². The van der Waals surface area contributed by atoms with E-state index in [1.54, 1.807) is 34.0 Å². The molecule has 0 aliphatic carbocycles. The van der Waals surface area contributed by atoms with Crippen molar-refractivity contribution < 1.29 is 33.9 Å². The third-order valence-corrected chi connectivity index (χ3v) is 10.7. The van der Waals surface area contributed by atoms with E-state index in [0.717, 1.165) is 16.5 Å². The van der Waals surface area contributed by atoms with Gasteiger partial charge >= 0.3 is 5.97 Å². The van der Waals surface area contributed by atoms with Crippen LogP contribution in [0, 0.1) is 11.3 Å². The molecule has 1 aliphatic heterocycles. The zero-order chi connectivity index (χ0) is 44.6. The second kappa shape index (κ2) is 23.5. The minimum absolute atomic E-state index is 0.0216. The van der Waals surface area contributed by atoms with E-state index in [9.17, 15) is 33.9 Å². The van der Waals surface area contributed by atoms with Crippen molar-refractivity contribution in [2.24, 2.45) is 33.5 Å². The molecule has 0 spiro atoms. The number of aliphatic imine (C=N–C) groups is 1. The van der Waals surface area contributed by atoms with Crippen LogP contribution in [0.2, 0.25) is 0 Å². The molecule has 334 valence electrons. The van der Waals surface area contributed by atoms with Crippen LogP contribution in [-0.2, 0) is 35.2 Å². The number of H-pyrrole nitrogens is 1. The number of unbranched alkanes of at least 4 members (excludes halogenated alkanes) is 1. The molecule has 1 fully saturated rings. The smallest absolute Gasteiger partial charge is 0.326 e. The van der Waals surface area contributed by atoms with Crippen molar-refractivity contribution in [2.45, 2.75) is 135 Å². The first kappa shape index (κ1) is 49.1. The Morgan fingerprint density at radius 2 is 1.55 bits per heavy atom. The number of nitrogens with zero attached hydrogens (tertiary/aromatic N) is 2.